The Morgan fingerprint density at radius 1 is 1.29 bits per heavy atom. The van der Waals surface area contributed by atoms with Crippen LogP contribution in [0.5, 0.6) is 0 Å². The molecular formula is C18H24N2O4. The summed E-state index contributed by atoms with van der Waals surface area (Å²) in [7, 11) is 0. The summed E-state index contributed by atoms with van der Waals surface area (Å²) in [5.74, 6) is -1.70. The van der Waals surface area contributed by atoms with Gasteiger partial charge in [-0.15, -0.1) is 0 Å². The third kappa shape index (κ3) is 4.34. The number of hydrogen-bond acceptors (Lipinski definition) is 3. The molecule has 130 valence electrons. The van der Waals surface area contributed by atoms with E-state index in [0.29, 0.717) is 13.1 Å². The lowest BCUT2D eigenvalue weighted by Gasteiger charge is -2.21. The SMILES string of the molecule is Cc1ccc(CN2CC(C(=O)NCC(C)(C)C(=O)O)CC2=O)cc1. The highest BCUT2D eigenvalue weighted by Crippen LogP contribution is 2.21. The summed E-state index contributed by atoms with van der Waals surface area (Å²) < 4.78 is 0. The van der Waals surface area contributed by atoms with Gasteiger partial charge in [-0.25, -0.2) is 0 Å². The third-order valence-electron chi connectivity index (χ3n) is 4.36. The summed E-state index contributed by atoms with van der Waals surface area (Å²) in [6, 6.07) is 7.94. The smallest absolute Gasteiger partial charge is 0.310 e. The minimum absolute atomic E-state index is 0.0455. The van der Waals surface area contributed by atoms with E-state index in [9.17, 15) is 14.4 Å². The first-order chi connectivity index (χ1) is 11.2. The predicted molar refractivity (Wildman–Crippen MR) is 89.1 cm³/mol. The van der Waals surface area contributed by atoms with E-state index in [1.54, 1.807) is 18.7 Å². The number of aryl methyl sites for hydroxylation is 1. The number of nitrogens with zero attached hydrogens (tertiary/aromatic N) is 1. The van der Waals surface area contributed by atoms with Crippen molar-refractivity contribution in [3.8, 4) is 0 Å². The number of carbonyl (C=O) groups excluding carboxylic acids is 2. The van der Waals surface area contributed by atoms with E-state index < -0.39 is 17.3 Å². The first kappa shape index (κ1) is 18.0. The number of carbonyl (C=O) groups is 3. The van der Waals surface area contributed by atoms with Gasteiger partial charge in [0.2, 0.25) is 11.8 Å². The minimum Gasteiger partial charge on any atom is -0.481 e. The Morgan fingerprint density at radius 2 is 1.92 bits per heavy atom. The molecule has 1 aliphatic heterocycles. The highest BCUT2D eigenvalue weighted by atomic mass is 16.4. The molecule has 1 unspecified atom stereocenters. The van der Waals surface area contributed by atoms with Gasteiger partial charge in [0.25, 0.3) is 0 Å². The molecule has 24 heavy (non-hydrogen) atoms. The number of rotatable bonds is 6. The molecule has 0 bridgehead atoms. The molecule has 1 fully saturated rings. The van der Waals surface area contributed by atoms with Crippen LogP contribution >= 0.6 is 0 Å². The highest BCUT2D eigenvalue weighted by molar-refractivity contribution is 5.89. The van der Waals surface area contributed by atoms with Crippen LogP contribution in [-0.2, 0) is 20.9 Å². The van der Waals surface area contributed by atoms with Crippen LogP contribution in [0.1, 0.15) is 31.4 Å². The number of hydrogen-bond donors (Lipinski definition) is 2. The molecule has 1 aromatic carbocycles. The van der Waals surface area contributed by atoms with E-state index in [4.69, 9.17) is 5.11 Å². The molecule has 0 spiro atoms. The number of amides is 2. The van der Waals surface area contributed by atoms with Crippen molar-refractivity contribution < 1.29 is 19.5 Å². The molecule has 0 aromatic heterocycles. The van der Waals surface area contributed by atoms with Crippen molar-refractivity contribution in [3.05, 3.63) is 35.4 Å². The van der Waals surface area contributed by atoms with Gasteiger partial charge in [-0.05, 0) is 26.3 Å². The summed E-state index contributed by atoms with van der Waals surface area (Å²) in [4.78, 5) is 37.1. The molecule has 2 amide bonds. The number of aliphatic carboxylic acids is 1. The molecule has 1 saturated heterocycles. The van der Waals surface area contributed by atoms with Crippen LogP contribution in [-0.4, -0.2) is 40.9 Å². The quantitative estimate of drug-likeness (QED) is 0.828. The maximum absolute atomic E-state index is 12.2. The van der Waals surface area contributed by atoms with Crippen LogP contribution < -0.4 is 5.32 Å². The second-order valence-corrected chi connectivity index (χ2v) is 7.07. The number of benzene rings is 1. The van der Waals surface area contributed by atoms with Gasteiger partial charge in [-0.1, -0.05) is 29.8 Å². The summed E-state index contributed by atoms with van der Waals surface area (Å²) >= 11 is 0. The lowest BCUT2D eigenvalue weighted by molar-refractivity contribution is -0.147. The van der Waals surface area contributed by atoms with Gasteiger partial charge < -0.3 is 15.3 Å². The first-order valence-electron chi connectivity index (χ1n) is 8.03. The molecule has 0 saturated carbocycles. The molecule has 1 aromatic rings. The average Bonchev–Trinajstić information content (AvgIpc) is 2.88. The fourth-order valence-corrected chi connectivity index (χ4v) is 2.54. The van der Waals surface area contributed by atoms with Gasteiger partial charge in [-0.3, -0.25) is 14.4 Å². The molecule has 0 radical (unpaired) electrons. The van der Waals surface area contributed by atoms with Gasteiger partial charge in [0.15, 0.2) is 0 Å². The van der Waals surface area contributed by atoms with Crippen molar-refractivity contribution >= 4 is 17.8 Å². The Kier molecular flexibility index (Phi) is 5.26. The largest absolute Gasteiger partial charge is 0.481 e. The van der Waals surface area contributed by atoms with Gasteiger partial charge in [0, 0.05) is 26.1 Å². The lowest BCUT2D eigenvalue weighted by Crippen LogP contribution is -2.41. The van der Waals surface area contributed by atoms with Gasteiger partial charge in [-0.2, -0.15) is 0 Å². The van der Waals surface area contributed by atoms with E-state index >= 15 is 0 Å². The van der Waals surface area contributed by atoms with Crippen LogP contribution in [0.3, 0.4) is 0 Å². The van der Waals surface area contributed by atoms with Crippen LogP contribution in [0.15, 0.2) is 24.3 Å². The predicted octanol–water partition coefficient (Wildman–Crippen LogP) is 1.57. The summed E-state index contributed by atoms with van der Waals surface area (Å²) in [5.41, 5.74) is 1.16. The Hall–Kier alpha value is -2.37. The number of carboxylic acid groups (broad SMARTS) is 1. The average molecular weight is 332 g/mol. The van der Waals surface area contributed by atoms with Crippen molar-refractivity contribution in [2.24, 2.45) is 11.3 Å². The van der Waals surface area contributed by atoms with E-state index in [1.165, 1.54) is 0 Å². The van der Waals surface area contributed by atoms with E-state index in [-0.39, 0.29) is 24.8 Å². The minimum atomic E-state index is -1.03. The number of nitrogens with one attached hydrogen (secondary N) is 1. The number of carboxylic acids is 1. The normalized spacial score (nSPS) is 17.9. The van der Waals surface area contributed by atoms with E-state index in [2.05, 4.69) is 5.32 Å². The van der Waals surface area contributed by atoms with Crippen molar-refractivity contribution in [1.29, 1.82) is 0 Å². The van der Waals surface area contributed by atoms with Gasteiger partial charge in [0.1, 0.15) is 0 Å². The van der Waals surface area contributed by atoms with Crippen molar-refractivity contribution in [2.45, 2.75) is 33.7 Å². The van der Waals surface area contributed by atoms with E-state index in [0.717, 1.165) is 11.1 Å². The third-order valence-corrected chi connectivity index (χ3v) is 4.36. The zero-order chi connectivity index (χ0) is 17.9. The molecule has 6 heteroatoms. The van der Waals surface area contributed by atoms with Gasteiger partial charge >= 0.3 is 5.97 Å². The molecule has 0 aliphatic carbocycles. The molecule has 1 atom stereocenters. The Bertz CT molecular complexity index is 637. The van der Waals surface area contributed by atoms with Gasteiger partial charge in [0.05, 0.1) is 11.3 Å². The molecule has 1 heterocycles. The standard InChI is InChI=1S/C18H24N2O4/c1-12-4-6-13(7-5-12)9-20-10-14(8-15(20)21)16(22)19-11-18(2,3)17(23)24/h4-7,14H,8-11H2,1-3H3,(H,19,22)(H,23,24). The zero-order valence-corrected chi connectivity index (χ0v) is 14.3. The summed E-state index contributed by atoms with van der Waals surface area (Å²) in [5, 5.41) is 11.7. The Balaban J connectivity index is 1.90. The molecular weight excluding hydrogens is 308 g/mol. The Morgan fingerprint density at radius 3 is 2.50 bits per heavy atom. The molecule has 2 N–H and O–H groups in total. The second-order valence-electron chi connectivity index (χ2n) is 7.07. The lowest BCUT2D eigenvalue weighted by atomic mass is 9.93. The maximum Gasteiger partial charge on any atom is 0.310 e. The molecule has 1 aliphatic rings. The van der Waals surface area contributed by atoms with E-state index in [1.807, 2.05) is 31.2 Å². The first-order valence-corrected chi connectivity index (χ1v) is 8.03. The molecule has 2 rings (SSSR count). The van der Waals surface area contributed by atoms with Crippen molar-refractivity contribution in [2.75, 3.05) is 13.1 Å². The van der Waals surface area contributed by atoms with Crippen molar-refractivity contribution in [1.82, 2.24) is 10.2 Å². The molecule has 6 nitrogen and oxygen atoms in total. The number of likely N-dealkylation sites (tertiary alicyclic amines) is 1. The van der Waals surface area contributed by atoms with Crippen molar-refractivity contribution in [3.63, 3.8) is 0 Å². The van der Waals surface area contributed by atoms with Crippen LogP contribution in [0.25, 0.3) is 0 Å². The maximum atomic E-state index is 12.2. The topological polar surface area (TPSA) is 86.7 Å². The van der Waals surface area contributed by atoms with Crippen LogP contribution in [0.4, 0.5) is 0 Å². The zero-order valence-electron chi connectivity index (χ0n) is 14.3. The fourth-order valence-electron chi connectivity index (χ4n) is 2.54. The van der Waals surface area contributed by atoms with Crippen LogP contribution in [0, 0.1) is 18.3 Å². The highest BCUT2D eigenvalue weighted by Gasteiger charge is 2.35. The Labute approximate surface area is 141 Å². The van der Waals surface area contributed by atoms with Crippen LogP contribution in [0.2, 0.25) is 0 Å². The summed E-state index contributed by atoms with van der Waals surface area (Å²) in [6.45, 7) is 6.02. The fraction of sp³-hybridized carbons (Fsp3) is 0.500. The summed E-state index contributed by atoms with van der Waals surface area (Å²) in [6.07, 6.45) is 0.172. The monoisotopic (exact) mass is 332 g/mol. The second kappa shape index (κ2) is 7.03.